The summed E-state index contributed by atoms with van der Waals surface area (Å²) in [4.78, 5) is 14.9. The standard InChI is InChI=1S/C21H23N3O/c1-15-7-8-19-18(13-15)20(23-22-19)21(25)24-11-9-17(10-12-24)14-16-5-3-2-4-6-16/h2-8,13,17H,9-12,14H2,1H3,(H,22,23). The third-order valence-electron chi connectivity index (χ3n) is 5.19. The van der Waals surface area contributed by atoms with E-state index in [-0.39, 0.29) is 5.91 Å². The smallest absolute Gasteiger partial charge is 0.274 e. The van der Waals surface area contributed by atoms with Crippen molar-refractivity contribution in [2.24, 2.45) is 5.92 Å². The van der Waals surface area contributed by atoms with E-state index in [1.807, 2.05) is 30.0 Å². The molecule has 0 saturated carbocycles. The molecule has 1 aromatic heterocycles. The number of hydrogen-bond donors (Lipinski definition) is 1. The van der Waals surface area contributed by atoms with Crippen molar-refractivity contribution < 1.29 is 4.79 Å². The molecular weight excluding hydrogens is 310 g/mol. The molecule has 4 heteroatoms. The second-order valence-corrected chi connectivity index (χ2v) is 7.05. The van der Waals surface area contributed by atoms with E-state index in [1.165, 1.54) is 5.56 Å². The van der Waals surface area contributed by atoms with Crippen LogP contribution in [0.5, 0.6) is 0 Å². The molecule has 2 heterocycles. The van der Waals surface area contributed by atoms with Gasteiger partial charge in [-0.05, 0) is 49.8 Å². The van der Waals surface area contributed by atoms with E-state index in [0.717, 1.165) is 48.8 Å². The van der Waals surface area contributed by atoms with Gasteiger partial charge in [-0.2, -0.15) is 5.10 Å². The summed E-state index contributed by atoms with van der Waals surface area (Å²) in [5.74, 6) is 0.708. The minimum absolute atomic E-state index is 0.0509. The van der Waals surface area contributed by atoms with Gasteiger partial charge in [0, 0.05) is 18.5 Å². The van der Waals surface area contributed by atoms with Gasteiger partial charge in [0.2, 0.25) is 0 Å². The largest absolute Gasteiger partial charge is 0.337 e. The van der Waals surface area contributed by atoms with Gasteiger partial charge in [0.15, 0.2) is 5.69 Å². The highest BCUT2D eigenvalue weighted by atomic mass is 16.2. The van der Waals surface area contributed by atoms with Crippen LogP contribution in [0.25, 0.3) is 10.9 Å². The highest BCUT2D eigenvalue weighted by Crippen LogP contribution is 2.24. The van der Waals surface area contributed by atoms with Crippen molar-refractivity contribution in [2.75, 3.05) is 13.1 Å². The molecule has 0 bridgehead atoms. The number of rotatable bonds is 3. The number of nitrogens with one attached hydrogen (secondary N) is 1. The Bertz CT molecular complexity index is 877. The zero-order valence-electron chi connectivity index (χ0n) is 14.5. The molecular formula is C21H23N3O. The maximum absolute atomic E-state index is 12.9. The topological polar surface area (TPSA) is 49.0 Å². The van der Waals surface area contributed by atoms with Crippen molar-refractivity contribution in [1.29, 1.82) is 0 Å². The number of piperidine rings is 1. The highest BCUT2D eigenvalue weighted by molar-refractivity contribution is 6.04. The molecule has 1 amide bonds. The molecule has 1 aliphatic heterocycles. The molecule has 1 saturated heterocycles. The lowest BCUT2D eigenvalue weighted by Crippen LogP contribution is -2.39. The lowest BCUT2D eigenvalue weighted by atomic mass is 9.90. The van der Waals surface area contributed by atoms with Crippen molar-refractivity contribution in [1.82, 2.24) is 15.1 Å². The average Bonchev–Trinajstić information content (AvgIpc) is 3.05. The fraction of sp³-hybridized carbons (Fsp3) is 0.333. The Hall–Kier alpha value is -2.62. The van der Waals surface area contributed by atoms with Gasteiger partial charge in [-0.1, -0.05) is 42.0 Å². The number of hydrogen-bond acceptors (Lipinski definition) is 2. The maximum Gasteiger partial charge on any atom is 0.274 e. The van der Waals surface area contributed by atoms with Crippen LogP contribution < -0.4 is 0 Å². The zero-order chi connectivity index (χ0) is 17.2. The summed E-state index contributed by atoms with van der Waals surface area (Å²) in [6, 6.07) is 16.7. The Labute approximate surface area is 147 Å². The van der Waals surface area contributed by atoms with Crippen molar-refractivity contribution >= 4 is 16.8 Å². The van der Waals surface area contributed by atoms with Gasteiger partial charge < -0.3 is 4.90 Å². The second-order valence-electron chi connectivity index (χ2n) is 7.05. The second kappa shape index (κ2) is 6.71. The molecule has 0 spiro atoms. The van der Waals surface area contributed by atoms with Crippen LogP contribution in [0.1, 0.15) is 34.5 Å². The first-order valence-corrected chi connectivity index (χ1v) is 8.98. The first kappa shape index (κ1) is 15.9. The van der Waals surface area contributed by atoms with Crippen LogP contribution in [-0.4, -0.2) is 34.1 Å². The summed E-state index contributed by atoms with van der Waals surface area (Å²) >= 11 is 0. The van der Waals surface area contributed by atoms with Crippen molar-refractivity contribution in [3.05, 3.63) is 65.4 Å². The van der Waals surface area contributed by atoms with E-state index in [9.17, 15) is 4.79 Å². The third-order valence-corrected chi connectivity index (χ3v) is 5.19. The van der Waals surface area contributed by atoms with Crippen molar-refractivity contribution in [3.63, 3.8) is 0 Å². The minimum atomic E-state index is 0.0509. The summed E-state index contributed by atoms with van der Waals surface area (Å²) in [5, 5.41) is 8.19. The summed E-state index contributed by atoms with van der Waals surface area (Å²) in [6.07, 6.45) is 3.22. The number of aryl methyl sites for hydroxylation is 1. The summed E-state index contributed by atoms with van der Waals surface area (Å²) in [7, 11) is 0. The number of benzene rings is 2. The zero-order valence-corrected chi connectivity index (χ0v) is 14.5. The van der Waals surface area contributed by atoms with Crippen LogP contribution in [0.4, 0.5) is 0 Å². The molecule has 0 aliphatic carbocycles. The van der Waals surface area contributed by atoms with E-state index >= 15 is 0 Å². The molecule has 0 unspecified atom stereocenters. The van der Waals surface area contributed by atoms with Gasteiger partial charge in [0.05, 0.1) is 5.52 Å². The molecule has 1 fully saturated rings. The highest BCUT2D eigenvalue weighted by Gasteiger charge is 2.26. The molecule has 4 rings (SSSR count). The van der Waals surface area contributed by atoms with Crippen LogP contribution in [0.15, 0.2) is 48.5 Å². The van der Waals surface area contributed by atoms with E-state index in [1.54, 1.807) is 0 Å². The molecule has 25 heavy (non-hydrogen) atoms. The normalized spacial score (nSPS) is 15.6. The Morgan fingerprint density at radius 2 is 1.92 bits per heavy atom. The quantitative estimate of drug-likeness (QED) is 0.788. The molecule has 1 N–H and O–H groups in total. The molecule has 4 nitrogen and oxygen atoms in total. The Balaban J connectivity index is 1.43. The van der Waals surface area contributed by atoms with E-state index in [4.69, 9.17) is 0 Å². The van der Waals surface area contributed by atoms with Crippen LogP contribution in [0.2, 0.25) is 0 Å². The number of carbonyl (C=O) groups is 1. The van der Waals surface area contributed by atoms with Crippen molar-refractivity contribution in [3.8, 4) is 0 Å². The molecule has 1 aliphatic rings. The minimum Gasteiger partial charge on any atom is -0.337 e. The third kappa shape index (κ3) is 3.29. The number of fused-ring (bicyclic) bond motifs is 1. The monoisotopic (exact) mass is 333 g/mol. The van der Waals surface area contributed by atoms with E-state index in [0.29, 0.717) is 11.6 Å². The van der Waals surface area contributed by atoms with Crippen molar-refractivity contribution in [2.45, 2.75) is 26.2 Å². The molecule has 2 aromatic carbocycles. The van der Waals surface area contributed by atoms with Gasteiger partial charge in [0.1, 0.15) is 0 Å². The SMILES string of the molecule is Cc1ccc2[nH]nc(C(=O)N3CCC(Cc4ccccc4)CC3)c2c1. The van der Waals surface area contributed by atoms with Gasteiger partial charge in [-0.3, -0.25) is 9.89 Å². The van der Waals surface area contributed by atoms with Crippen LogP contribution >= 0.6 is 0 Å². The number of nitrogens with zero attached hydrogens (tertiary/aromatic N) is 2. The fourth-order valence-corrected chi connectivity index (χ4v) is 3.73. The Kier molecular flexibility index (Phi) is 4.26. The summed E-state index contributed by atoms with van der Waals surface area (Å²) in [6.45, 7) is 3.67. The number of likely N-dealkylation sites (tertiary alicyclic amines) is 1. The number of aromatic nitrogens is 2. The van der Waals surface area contributed by atoms with E-state index < -0.39 is 0 Å². The first-order valence-electron chi connectivity index (χ1n) is 8.98. The first-order chi connectivity index (χ1) is 12.2. The van der Waals surface area contributed by atoms with Gasteiger partial charge in [0.25, 0.3) is 5.91 Å². The lowest BCUT2D eigenvalue weighted by Gasteiger charge is -2.31. The van der Waals surface area contributed by atoms with Gasteiger partial charge in [-0.15, -0.1) is 0 Å². The molecule has 128 valence electrons. The van der Waals surface area contributed by atoms with Crippen LogP contribution in [-0.2, 0) is 6.42 Å². The summed E-state index contributed by atoms with van der Waals surface area (Å²) < 4.78 is 0. The van der Waals surface area contributed by atoms with E-state index in [2.05, 4.69) is 40.5 Å². The van der Waals surface area contributed by atoms with Gasteiger partial charge in [-0.25, -0.2) is 0 Å². The maximum atomic E-state index is 12.9. The van der Waals surface area contributed by atoms with Crippen LogP contribution in [0, 0.1) is 12.8 Å². The number of amides is 1. The van der Waals surface area contributed by atoms with Crippen LogP contribution in [0.3, 0.4) is 0 Å². The predicted octanol–water partition coefficient (Wildman–Crippen LogP) is 3.97. The number of H-pyrrole nitrogens is 1. The Morgan fingerprint density at radius 3 is 2.68 bits per heavy atom. The Morgan fingerprint density at radius 1 is 1.16 bits per heavy atom. The lowest BCUT2D eigenvalue weighted by molar-refractivity contribution is 0.0686. The number of carbonyl (C=O) groups excluding carboxylic acids is 1. The molecule has 3 aromatic rings. The molecule has 0 atom stereocenters. The molecule has 0 radical (unpaired) electrons. The van der Waals surface area contributed by atoms with Gasteiger partial charge >= 0.3 is 0 Å². The predicted molar refractivity (Wildman–Crippen MR) is 99.6 cm³/mol. The average molecular weight is 333 g/mol. The number of aromatic amines is 1. The fourth-order valence-electron chi connectivity index (χ4n) is 3.73. The summed E-state index contributed by atoms with van der Waals surface area (Å²) in [5.41, 5.74) is 4.01.